The molecule has 110 valence electrons. The van der Waals surface area contributed by atoms with E-state index in [1.807, 2.05) is 31.2 Å². The van der Waals surface area contributed by atoms with Crippen LogP contribution in [0.15, 0.2) is 24.3 Å². The van der Waals surface area contributed by atoms with E-state index in [1.165, 1.54) is 0 Å². The summed E-state index contributed by atoms with van der Waals surface area (Å²) in [6.07, 6.45) is 3.82. The predicted octanol–water partition coefficient (Wildman–Crippen LogP) is 2.01. The Morgan fingerprint density at radius 1 is 1.40 bits per heavy atom. The number of carbonyl (C=O) groups is 1. The highest BCUT2D eigenvalue weighted by Crippen LogP contribution is 2.26. The standard InChI is InChI=1S/C16H24N2O2/c1-12-5-2-3-8-15(12)20-10-9-18-16(19)11-13-6-4-7-14(13)17/h2-3,5,8,13-14H,4,6-7,9-11,17H2,1H3,(H,18,19)/t13-,14+/m0/s1. The normalized spacial score (nSPS) is 21.7. The minimum absolute atomic E-state index is 0.0840. The van der Waals surface area contributed by atoms with Crippen molar-refractivity contribution >= 4 is 5.91 Å². The Morgan fingerprint density at radius 3 is 2.90 bits per heavy atom. The molecule has 2 rings (SSSR count). The molecule has 0 aliphatic heterocycles. The molecule has 1 aliphatic rings. The minimum atomic E-state index is 0.0840. The van der Waals surface area contributed by atoms with E-state index in [0.29, 0.717) is 25.5 Å². The van der Waals surface area contributed by atoms with Crippen LogP contribution >= 0.6 is 0 Å². The molecule has 0 aromatic heterocycles. The van der Waals surface area contributed by atoms with Gasteiger partial charge in [-0.3, -0.25) is 4.79 Å². The average Bonchev–Trinajstić information content (AvgIpc) is 2.82. The lowest BCUT2D eigenvalue weighted by molar-refractivity contribution is -0.122. The summed E-state index contributed by atoms with van der Waals surface area (Å²) in [5.41, 5.74) is 7.08. The molecule has 0 bridgehead atoms. The third-order valence-electron chi connectivity index (χ3n) is 3.94. The molecule has 1 saturated carbocycles. The van der Waals surface area contributed by atoms with Crippen molar-refractivity contribution in [3.63, 3.8) is 0 Å². The number of amides is 1. The number of carbonyl (C=O) groups excluding carboxylic acids is 1. The monoisotopic (exact) mass is 276 g/mol. The Kier molecular flexibility index (Phi) is 5.41. The Hall–Kier alpha value is -1.55. The summed E-state index contributed by atoms with van der Waals surface area (Å²) in [5.74, 6) is 1.31. The first-order chi connectivity index (χ1) is 9.66. The maximum atomic E-state index is 11.8. The maximum absolute atomic E-state index is 11.8. The number of nitrogens with two attached hydrogens (primary N) is 1. The van der Waals surface area contributed by atoms with Crippen molar-refractivity contribution < 1.29 is 9.53 Å². The summed E-state index contributed by atoms with van der Waals surface area (Å²) in [7, 11) is 0. The lowest BCUT2D eigenvalue weighted by atomic mass is 10.00. The molecule has 2 atom stereocenters. The van der Waals surface area contributed by atoms with E-state index < -0.39 is 0 Å². The molecule has 0 spiro atoms. The van der Waals surface area contributed by atoms with Gasteiger partial charge in [0.15, 0.2) is 0 Å². The fourth-order valence-electron chi connectivity index (χ4n) is 2.70. The first-order valence-corrected chi connectivity index (χ1v) is 7.37. The molecule has 0 unspecified atom stereocenters. The molecule has 1 amide bonds. The number of aryl methyl sites for hydroxylation is 1. The van der Waals surface area contributed by atoms with Crippen molar-refractivity contribution in [2.45, 2.75) is 38.6 Å². The zero-order valence-corrected chi connectivity index (χ0v) is 12.1. The van der Waals surface area contributed by atoms with Crippen LogP contribution in [-0.2, 0) is 4.79 Å². The predicted molar refractivity (Wildman–Crippen MR) is 79.6 cm³/mol. The van der Waals surface area contributed by atoms with Gasteiger partial charge in [0, 0.05) is 12.5 Å². The zero-order valence-electron chi connectivity index (χ0n) is 12.1. The molecule has 20 heavy (non-hydrogen) atoms. The number of benzene rings is 1. The van der Waals surface area contributed by atoms with Crippen LogP contribution in [0.4, 0.5) is 0 Å². The van der Waals surface area contributed by atoms with Gasteiger partial charge in [-0.05, 0) is 37.3 Å². The van der Waals surface area contributed by atoms with Crippen molar-refractivity contribution in [3.8, 4) is 5.75 Å². The lowest BCUT2D eigenvalue weighted by Gasteiger charge is -2.15. The van der Waals surface area contributed by atoms with E-state index >= 15 is 0 Å². The van der Waals surface area contributed by atoms with Crippen LogP contribution in [0, 0.1) is 12.8 Å². The van der Waals surface area contributed by atoms with Gasteiger partial charge in [0.05, 0.1) is 6.54 Å². The van der Waals surface area contributed by atoms with Crippen LogP contribution in [0.2, 0.25) is 0 Å². The van der Waals surface area contributed by atoms with E-state index in [9.17, 15) is 4.79 Å². The fraction of sp³-hybridized carbons (Fsp3) is 0.562. The van der Waals surface area contributed by atoms with Gasteiger partial charge in [0.2, 0.25) is 5.91 Å². The third-order valence-corrected chi connectivity index (χ3v) is 3.94. The van der Waals surface area contributed by atoms with E-state index in [2.05, 4.69) is 5.32 Å². The van der Waals surface area contributed by atoms with Crippen molar-refractivity contribution in [2.24, 2.45) is 11.7 Å². The van der Waals surface area contributed by atoms with Gasteiger partial charge in [-0.1, -0.05) is 24.6 Å². The molecular weight excluding hydrogens is 252 g/mol. The van der Waals surface area contributed by atoms with Crippen LogP contribution in [0.5, 0.6) is 5.75 Å². The molecular formula is C16H24N2O2. The van der Waals surface area contributed by atoms with Gasteiger partial charge in [-0.15, -0.1) is 0 Å². The van der Waals surface area contributed by atoms with Crippen molar-refractivity contribution in [2.75, 3.05) is 13.2 Å². The Morgan fingerprint density at radius 2 is 2.20 bits per heavy atom. The maximum Gasteiger partial charge on any atom is 0.220 e. The second-order valence-corrected chi connectivity index (χ2v) is 5.52. The first kappa shape index (κ1) is 14.9. The Bertz CT molecular complexity index is 448. The van der Waals surface area contributed by atoms with Crippen LogP contribution in [0.3, 0.4) is 0 Å². The third kappa shape index (κ3) is 4.23. The highest BCUT2D eigenvalue weighted by Gasteiger charge is 2.25. The highest BCUT2D eigenvalue weighted by atomic mass is 16.5. The van der Waals surface area contributed by atoms with Crippen LogP contribution < -0.4 is 15.8 Å². The quantitative estimate of drug-likeness (QED) is 0.781. The van der Waals surface area contributed by atoms with Crippen molar-refractivity contribution in [1.29, 1.82) is 0 Å². The fourth-order valence-corrected chi connectivity index (χ4v) is 2.70. The summed E-state index contributed by atoms with van der Waals surface area (Å²) in [6, 6.07) is 8.07. The summed E-state index contributed by atoms with van der Waals surface area (Å²) in [4.78, 5) is 11.8. The van der Waals surface area contributed by atoms with E-state index in [1.54, 1.807) is 0 Å². The second kappa shape index (κ2) is 7.29. The molecule has 4 nitrogen and oxygen atoms in total. The Labute approximate surface area is 120 Å². The summed E-state index contributed by atoms with van der Waals surface area (Å²) >= 11 is 0. The molecule has 0 saturated heterocycles. The summed E-state index contributed by atoms with van der Waals surface area (Å²) in [6.45, 7) is 3.04. The molecule has 3 N–H and O–H groups in total. The van der Waals surface area contributed by atoms with Gasteiger partial charge in [0.1, 0.15) is 12.4 Å². The van der Waals surface area contributed by atoms with Crippen LogP contribution in [0.1, 0.15) is 31.2 Å². The van der Waals surface area contributed by atoms with Crippen LogP contribution in [0.25, 0.3) is 0 Å². The first-order valence-electron chi connectivity index (χ1n) is 7.37. The van der Waals surface area contributed by atoms with E-state index in [0.717, 1.165) is 30.6 Å². The van der Waals surface area contributed by atoms with Gasteiger partial charge < -0.3 is 15.8 Å². The lowest BCUT2D eigenvalue weighted by Crippen LogP contribution is -2.33. The summed E-state index contributed by atoms with van der Waals surface area (Å²) in [5, 5.41) is 2.90. The van der Waals surface area contributed by atoms with Crippen molar-refractivity contribution in [1.82, 2.24) is 5.32 Å². The minimum Gasteiger partial charge on any atom is -0.491 e. The number of para-hydroxylation sites is 1. The SMILES string of the molecule is Cc1ccccc1OCCNC(=O)C[C@@H]1CCC[C@H]1N. The number of hydrogen-bond acceptors (Lipinski definition) is 3. The van der Waals surface area contributed by atoms with E-state index in [4.69, 9.17) is 10.5 Å². The topological polar surface area (TPSA) is 64.3 Å². The van der Waals surface area contributed by atoms with Gasteiger partial charge >= 0.3 is 0 Å². The largest absolute Gasteiger partial charge is 0.491 e. The van der Waals surface area contributed by atoms with Gasteiger partial charge in [0.25, 0.3) is 0 Å². The molecule has 1 fully saturated rings. The smallest absolute Gasteiger partial charge is 0.220 e. The molecule has 4 heteroatoms. The van der Waals surface area contributed by atoms with Gasteiger partial charge in [-0.25, -0.2) is 0 Å². The van der Waals surface area contributed by atoms with Gasteiger partial charge in [-0.2, -0.15) is 0 Å². The van der Waals surface area contributed by atoms with Crippen molar-refractivity contribution in [3.05, 3.63) is 29.8 Å². The second-order valence-electron chi connectivity index (χ2n) is 5.52. The number of hydrogen-bond donors (Lipinski definition) is 2. The zero-order chi connectivity index (χ0) is 14.4. The van der Waals surface area contributed by atoms with E-state index in [-0.39, 0.29) is 11.9 Å². The van der Waals surface area contributed by atoms with Crippen LogP contribution in [-0.4, -0.2) is 25.1 Å². The average molecular weight is 276 g/mol. The molecule has 1 aromatic carbocycles. The molecule has 1 aliphatic carbocycles. The molecule has 0 radical (unpaired) electrons. The number of ether oxygens (including phenoxy) is 1. The summed E-state index contributed by atoms with van der Waals surface area (Å²) < 4.78 is 5.64. The number of rotatable bonds is 6. The Balaban J connectivity index is 1.63. The molecule has 0 heterocycles. The number of nitrogens with one attached hydrogen (secondary N) is 1. The molecule has 1 aromatic rings. The highest BCUT2D eigenvalue weighted by molar-refractivity contribution is 5.76.